The molecular weight excluding hydrogens is 400 g/mol. The second kappa shape index (κ2) is 6.18. The number of pyridine rings is 2. The van der Waals surface area contributed by atoms with Gasteiger partial charge in [-0.3, -0.25) is 4.79 Å². The summed E-state index contributed by atoms with van der Waals surface area (Å²) in [7, 11) is 0. The highest BCUT2D eigenvalue weighted by Crippen LogP contribution is 2.39. The quantitative estimate of drug-likeness (QED) is 0.499. The van der Waals surface area contributed by atoms with E-state index in [2.05, 4.69) is 0 Å². The molecule has 1 aromatic carbocycles. The van der Waals surface area contributed by atoms with Crippen molar-refractivity contribution in [2.24, 2.45) is 0 Å². The van der Waals surface area contributed by atoms with E-state index in [4.69, 9.17) is 19.2 Å². The number of nitrogens with zero attached hydrogens (tertiary/aromatic N) is 2. The van der Waals surface area contributed by atoms with E-state index in [0.29, 0.717) is 35.0 Å². The maximum atomic E-state index is 13.2. The first kappa shape index (κ1) is 18.1. The van der Waals surface area contributed by atoms with Crippen LogP contribution in [0.2, 0.25) is 0 Å². The maximum Gasteiger partial charge on any atom is 0.343 e. The Morgan fingerprint density at radius 3 is 2.81 bits per heavy atom. The molecule has 6 rings (SSSR count). The molecule has 3 aliphatic rings. The minimum Gasteiger partial charge on any atom is -0.458 e. The van der Waals surface area contributed by atoms with E-state index < -0.39 is 11.6 Å². The zero-order chi connectivity index (χ0) is 21.3. The molecule has 5 heterocycles. The van der Waals surface area contributed by atoms with Crippen LogP contribution in [0.15, 0.2) is 41.1 Å². The van der Waals surface area contributed by atoms with Gasteiger partial charge in [0.1, 0.15) is 6.61 Å². The maximum absolute atomic E-state index is 13.2. The van der Waals surface area contributed by atoms with Gasteiger partial charge in [-0.15, -0.1) is 0 Å². The number of cyclic esters (lactones) is 1. The number of fused-ring (bicyclic) bond motifs is 5. The van der Waals surface area contributed by atoms with E-state index in [9.17, 15) is 14.7 Å². The minimum atomic E-state index is -1.83. The molecule has 8 nitrogen and oxygen atoms in total. The predicted octanol–water partition coefficient (Wildman–Crippen LogP) is 2.38. The van der Waals surface area contributed by atoms with Crippen LogP contribution in [0, 0.1) is 0 Å². The van der Waals surface area contributed by atoms with Gasteiger partial charge >= 0.3 is 5.97 Å². The van der Waals surface area contributed by atoms with E-state index in [1.807, 2.05) is 30.3 Å². The number of hydrogen-bond donors (Lipinski definition) is 1. The monoisotopic (exact) mass is 418 g/mol. The van der Waals surface area contributed by atoms with Crippen molar-refractivity contribution < 1.29 is 24.1 Å². The van der Waals surface area contributed by atoms with Crippen molar-refractivity contribution in [1.82, 2.24) is 9.55 Å². The zero-order valence-corrected chi connectivity index (χ0v) is 16.7. The second-order valence-corrected chi connectivity index (χ2v) is 7.88. The molecule has 31 heavy (non-hydrogen) atoms. The van der Waals surface area contributed by atoms with Gasteiger partial charge in [0.15, 0.2) is 5.60 Å². The van der Waals surface area contributed by atoms with E-state index in [0.717, 1.165) is 22.0 Å². The normalized spacial score (nSPS) is 20.7. The number of aromatic nitrogens is 2. The van der Waals surface area contributed by atoms with Crippen molar-refractivity contribution in [2.75, 3.05) is 6.79 Å². The molecule has 1 fully saturated rings. The Labute approximate surface area is 176 Å². The Morgan fingerprint density at radius 2 is 2.06 bits per heavy atom. The van der Waals surface area contributed by atoms with Crippen molar-refractivity contribution in [2.45, 2.75) is 32.1 Å². The Hall–Kier alpha value is -3.65. The molecule has 2 aromatic heterocycles. The first-order valence-electron chi connectivity index (χ1n) is 10.1. The van der Waals surface area contributed by atoms with Crippen LogP contribution < -0.4 is 5.56 Å². The average Bonchev–Trinajstić information content (AvgIpc) is 3.10. The van der Waals surface area contributed by atoms with Crippen LogP contribution >= 0.6 is 0 Å². The molecule has 0 aliphatic carbocycles. The molecule has 0 amide bonds. The van der Waals surface area contributed by atoms with Crippen LogP contribution in [0.3, 0.4) is 0 Å². The Bertz CT molecular complexity index is 1380. The van der Waals surface area contributed by atoms with Crippen molar-refractivity contribution in [3.8, 4) is 11.4 Å². The Kier molecular flexibility index (Phi) is 3.62. The molecule has 0 unspecified atom stereocenters. The minimum absolute atomic E-state index is 0.113. The van der Waals surface area contributed by atoms with Crippen LogP contribution in [-0.2, 0) is 37.8 Å². The molecule has 1 atom stereocenters. The van der Waals surface area contributed by atoms with Gasteiger partial charge in [-0.25, -0.2) is 9.78 Å². The number of carbonyl (C=O) groups excluding carboxylic acids is 1. The van der Waals surface area contributed by atoms with Gasteiger partial charge in [0.05, 0.1) is 29.0 Å². The summed E-state index contributed by atoms with van der Waals surface area (Å²) in [6.45, 7) is 2.16. The van der Waals surface area contributed by atoms with Gasteiger partial charge in [-0.05, 0) is 30.2 Å². The number of rotatable bonds is 2. The standard InChI is InChI=1S/C23H18N2O6/c1-2-23(28)16-8-18-20-13(9-25(18)21(26)15(16)10-29-22(23)27)6-14-12(7-19-30-11-31-19)4-3-5-17(14)24-20/h3-8,28H,2,9-11H2,1H3/t23-/m0/s1. The van der Waals surface area contributed by atoms with Gasteiger partial charge in [-0.1, -0.05) is 19.1 Å². The fourth-order valence-electron chi connectivity index (χ4n) is 4.49. The number of carbonyl (C=O) groups is 1. The highest BCUT2D eigenvalue weighted by Gasteiger charge is 2.45. The number of ether oxygens (including phenoxy) is 3. The number of benzene rings is 1. The van der Waals surface area contributed by atoms with Crippen molar-refractivity contribution >= 4 is 22.9 Å². The van der Waals surface area contributed by atoms with Crippen LogP contribution in [0.4, 0.5) is 0 Å². The van der Waals surface area contributed by atoms with E-state index in [1.165, 1.54) is 0 Å². The molecule has 0 saturated carbocycles. The van der Waals surface area contributed by atoms with Crippen LogP contribution in [-0.4, -0.2) is 27.4 Å². The third-order valence-corrected chi connectivity index (χ3v) is 6.26. The summed E-state index contributed by atoms with van der Waals surface area (Å²) >= 11 is 0. The van der Waals surface area contributed by atoms with Crippen LogP contribution in [0.1, 0.15) is 35.6 Å². The van der Waals surface area contributed by atoms with Crippen molar-refractivity contribution in [3.63, 3.8) is 0 Å². The molecule has 0 bridgehead atoms. The molecule has 0 spiro atoms. The highest BCUT2D eigenvalue weighted by molar-refractivity contribution is 5.91. The summed E-state index contributed by atoms with van der Waals surface area (Å²) in [5.41, 5.74) is 2.35. The van der Waals surface area contributed by atoms with E-state index >= 15 is 0 Å². The van der Waals surface area contributed by atoms with Crippen LogP contribution in [0.25, 0.3) is 28.4 Å². The third-order valence-electron chi connectivity index (χ3n) is 6.26. The Balaban J connectivity index is 1.56. The van der Waals surface area contributed by atoms with Crippen molar-refractivity contribution in [3.05, 3.63) is 68.9 Å². The SMILES string of the molecule is CC[C@@]1(O)C(=O)OCc2c1cc1n(c2=O)Cc2cc3c(C=C4OCO4)cccc3nc2-1. The van der Waals surface area contributed by atoms with Crippen LogP contribution in [0.5, 0.6) is 0 Å². The summed E-state index contributed by atoms with van der Waals surface area (Å²) in [6.07, 6.45) is 1.93. The lowest BCUT2D eigenvalue weighted by molar-refractivity contribution is -0.172. The first-order valence-corrected chi connectivity index (χ1v) is 10.1. The largest absolute Gasteiger partial charge is 0.458 e. The average molecular weight is 418 g/mol. The van der Waals surface area contributed by atoms with E-state index in [1.54, 1.807) is 17.6 Å². The lowest BCUT2D eigenvalue weighted by Crippen LogP contribution is -2.44. The summed E-state index contributed by atoms with van der Waals surface area (Å²) in [6, 6.07) is 9.48. The highest BCUT2D eigenvalue weighted by atomic mass is 16.8. The molecule has 0 radical (unpaired) electrons. The van der Waals surface area contributed by atoms with Gasteiger partial charge in [-0.2, -0.15) is 0 Å². The molecule has 3 aliphatic heterocycles. The fourth-order valence-corrected chi connectivity index (χ4v) is 4.49. The first-order chi connectivity index (χ1) is 15.0. The Morgan fingerprint density at radius 1 is 1.23 bits per heavy atom. The predicted molar refractivity (Wildman–Crippen MR) is 110 cm³/mol. The summed E-state index contributed by atoms with van der Waals surface area (Å²) in [5.74, 6) is -0.265. The summed E-state index contributed by atoms with van der Waals surface area (Å²) in [4.78, 5) is 30.3. The lowest BCUT2D eigenvalue weighted by atomic mass is 9.86. The summed E-state index contributed by atoms with van der Waals surface area (Å²) in [5, 5.41) is 11.9. The zero-order valence-electron chi connectivity index (χ0n) is 16.7. The molecule has 3 aromatic rings. The molecule has 8 heteroatoms. The lowest BCUT2D eigenvalue weighted by Gasteiger charge is -2.31. The van der Waals surface area contributed by atoms with Gasteiger partial charge in [0, 0.05) is 22.6 Å². The topological polar surface area (TPSA) is 99.9 Å². The van der Waals surface area contributed by atoms with Gasteiger partial charge in [0.2, 0.25) is 6.79 Å². The molecule has 1 N–H and O–H groups in total. The summed E-state index contributed by atoms with van der Waals surface area (Å²) < 4.78 is 17.2. The number of hydrogen-bond acceptors (Lipinski definition) is 7. The van der Waals surface area contributed by atoms with E-state index in [-0.39, 0.29) is 25.4 Å². The van der Waals surface area contributed by atoms with Gasteiger partial charge in [0.25, 0.3) is 11.5 Å². The molecular formula is C23H18N2O6. The third kappa shape index (κ3) is 2.42. The number of esters is 1. The smallest absolute Gasteiger partial charge is 0.343 e. The molecule has 1 saturated heterocycles. The fraction of sp³-hybridized carbons (Fsp3) is 0.261. The van der Waals surface area contributed by atoms with Crippen molar-refractivity contribution in [1.29, 1.82) is 0 Å². The van der Waals surface area contributed by atoms with Gasteiger partial charge < -0.3 is 23.9 Å². The number of aliphatic hydroxyl groups is 1. The second-order valence-electron chi connectivity index (χ2n) is 7.88. The molecule has 156 valence electrons.